The Morgan fingerprint density at radius 2 is 2.13 bits per heavy atom. The molecule has 0 saturated carbocycles. The van der Waals surface area contributed by atoms with E-state index in [1.165, 1.54) is 13.8 Å². The van der Waals surface area contributed by atoms with Crippen LogP contribution < -0.4 is 0 Å². The van der Waals surface area contributed by atoms with E-state index in [-0.39, 0.29) is 16.3 Å². The van der Waals surface area contributed by atoms with Crippen molar-refractivity contribution in [2.45, 2.75) is 24.9 Å². The fourth-order valence-corrected chi connectivity index (χ4v) is 2.35. The number of hydrogen-bond acceptors (Lipinski definition) is 6. The van der Waals surface area contributed by atoms with Gasteiger partial charge < -0.3 is 5.11 Å². The van der Waals surface area contributed by atoms with Crippen molar-refractivity contribution in [1.82, 2.24) is 9.59 Å². The number of carboxylic acid groups (broad SMARTS) is 1. The molecule has 0 spiro atoms. The van der Waals surface area contributed by atoms with Gasteiger partial charge in [0.25, 0.3) is 0 Å². The molecule has 1 aromatic heterocycles. The summed E-state index contributed by atoms with van der Waals surface area (Å²) in [6, 6.07) is 0. The summed E-state index contributed by atoms with van der Waals surface area (Å²) in [6.07, 6.45) is 0. The molecule has 0 saturated heterocycles. The van der Waals surface area contributed by atoms with Crippen LogP contribution in [-0.4, -0.2) is 34.3 Å². The molecule has 0 aromatic carbocycles. The number of carbonyl (C=O) groups is 1. The van der Waals surface area contributed by atoms with Gasteiger partial charge in [-0.1, -0.05) is 4.49 Å². The minimum atomic E-state index is -3.34. The molecule has 1 rings (SSSR count). The van der Waals surface area contributed by atoms with Gasteiger partial charge in [0, 0.05) is 0 Å². The maximum Gasteiger partial charge on any atom is 0.349 e. The topological polar surface area (TPSA) is 97.2 Å². The number of carboxylic acids is 1. The maximum absolute atomic E-state index is 11.5. The molecular weight excluding hydrogens is 240 g/mol. The summed E-state index contributed by atoms with van der Waals surface area (Å²) in [7, 11) is -3.34. The Morgan fingerprint density at radius 1 is 1.53 bits per heavy atom. The first-order valence-corrected chi connectivity index (χ1v) is 6.59. The van der Waals surface area contributed by atoms with Gasteiger partial charge in [-0.2, -0.15) is 0 Å². The highest BCUT2D eigenvalue weighted by molar-refractivity contribution is 7.91. The number of rotatable bonds is 4. The van der Waals surface area contributed by atoms with Crippen molar-refractivity contribution in [2.24, 2.45) is 0 Å². The fraction of sp³-hybridized carbons (Fsp3) is 0.571. The van der Waals surface area contributed by atoms with Crippen LogP contribution >= 0.6 is 11.5 Å². The Labute approximate surface area is 91.0 Å². The van der Waals surface area contributed by atoms with E-state index in [1.54, 1.807) is 0 Å². The first-order valence-electron chi connectivity index (χ1n) is 4.10. The van der Waals surface area contributed by atoms with Crippen LogP contribution in [0.5, 0.6) is 0 Å². The van der Waals surface area contributed by atoms with E-state index in [2.05, 4.69) is 9.59 Å². The minimum absolute atomic E-state index is 0.0150. The summed E-state index contributed by atoms with van der Waals surface area (Å²) < 4.78 is 26.5. The molecule has 8 heteroatoms. The van der Waals surface area contributed by atoms with Crippen molar-refractivity contribution in [3.05, 3.63) is 10.6 Å². The molecular formula is C7H10N2O4S2. The second-order valence-corrected chi connectivity index (χ2v) is 6.52. The van der Waals surface area contributed by atoms with Crippen molar-refractivity contribution < 1.29 is 18.3 Å². The van der Waals surface area contributed by atoms with Gasteiger partial charge in [0.15, 0.2) is 14.7 Å². The van der Waals surface area contributed by atoms with Gasteiger partial charge in [-0.25, -0.2) is 13.2 Å². The van der Waals surface area contributed by atoms with Crippen LogP contribution in [0, 0.1) is 0 Å². The zero-order chi connectivity index (χ0) is 11.6. The van der Waals surface area contributed by atoms with E-state index in [1.807, 2.05) is 0 Å². The molecule has 6 nitrogen and oxygen atoms in total. The summed E-state index contributed by atoms with van der Waals surface area (Å²) in [6.45, 7) is 3.07. The van der Waals surface area contributed by atoms with Crippen LogP contribution in [0.15, 0.2) is 0 Å². The molecule has 0 bridgehead atoms. The zero-order valence-electron chi connectivity index (χ0n) is 8.17. The van der Waals surface area contributed by atoms with Gasteiger partial charge in [0.1, 0.15) is 5.69 Å². The summed E-state index contributed by atoms with van der Waals surface area (Å²) >= 11 is 0.685. The normalized spacial score (nSPS) is 11.9. The Kier molecular flexibility index (Phi) is 3.40. The number of aromatic carboxylic acids is 1. The fourth-order valence-electron chi connectivity index (χ4n) is 0.823. The molecule has 0 fully saturated rings. The van der Waals surface area contributed by atoms with Crippen LogP contribution in [0.2, 0.25) is 0 Å². The molecule has 1 aromatic rings. The molecule has 0 atom stereocenters. The largest absolute Gasteiger partial charge is 0.477 e. The molecule has 84 valence electrons. The quantitative estimate of drug-likeness (QED) is 0.838. The Bertz CT molecular complexity index is 463. The molecule has 0 aliphatic carbocycles. The highest BCUT2D eigenvalue weighted by Gasteiger charge is 2.23. The van der Waals surface area contributed by atoms with E-state index in [4.69, 9.17) is 5.11 Å². The smallest absolute Gasteiger partial charge is 0.349 e. The lowest BCUT2D eigenvalue weighted by atomic mass is 10.4. The van der Waals surface area contributed by atoms with Gasteiger partial charge in [0.2, 0.25) is 0 Å². The lowest BCUT2D eigenvalue weighted by molar-refractivity contribution is 0.0701. The van der Waals surface area contributed by atoms with Crippen molar-refractivity contribution in [3.8, 4) is 0 Å². The average molecular weight is 250 g/mol. The molecule has 0 amide bonds. The molecule has 1 heterocycles. The van der Waals surface area contributed by atoms with Gasteiger partial charge >= 0.3 is 5.97 Å². The van der Waals surface area contributed by atoms with E-state index >= 15 is 0 Å². The summed E-state index contributed by atoms with van der Waals surface area (Å²) in [4.78, 5) is 10.6. The summed E-state index contributed by atoms with van der Waals surface area (Å²) in [5, 5.41) is 11.7. The molecule has 0 aliphatic heterocycles. The summed E-state index contributed by atoms with van der Waals surface area (Å²) in [5.74, 6) is -1.57. The second-order valence-electron chi connectivity index (χ2n) is 3.21. The van der Waals surface area contributed by atoms with Crippen molar-refractivity contribution >= 4 is 27.3 Å². The van der Waals surface area contributed by atoms with E-state index in [9.17, 15) is 13.2 Å². The zero-order valence-corrected chi connectivity index (χ0v) is 9.80. The Hall–Kier alpha value is -1.02. The highest BCUT2D eigenvalue weighted by Crippen LogP contribution is 2.15. The van der Waals surface area contributed by atoms with Crippen LogP contribution in [0.4, 0.5) is 0 Å². The SMILES string of the molecule is CC(C)S(=O)(=O)Cc1nnsc1C(=O)O. The van der Waals surface area contributed by atoms with E-state index < -0.39 is 21.1 Å². The van der Waals surface area contributed by atoms with Crippen molar-refractivity contribution in [3.63, 3.8) is 0 Å². The monoisotopic (exact) mass is 250 g/mol. The van der Waals surface area contributed by atoms with Crippen LogP contribution in [0.1, 0.15) is 29.2 Å². The van der Waals surface area contributed by atoms with Gasteiger partial charge in [-0.15, -0.1) is 5.10 Å². The standard InChI is InChI=1S/C7H10N2O4S2/c1-4(2)15(12,13)3-5-6(7(10)11)14-9-8-5/h4H,3H2,1-2H3,(H,10,11). The minimum Gasteiger partial charge on any atom is -0.477 e. The van der Waals surface area contributed by atoms with Crippen LogP contribution in [0.25, 0.3) is 0 Å². The molecule has 0 aliphatic rings. The summed E-state index contributed by atoms with van der Waals surface area (Å²) in [5.41, 5.74) is 0.0150. The van der Waals surface area contributed by atoms with Gasteiger partial charge in [-0.05, 0) is 25.4 Å². The average Bonchev–Trinajstić information content (AvgIpc) is 2.51. The highest BCUT2D eigenvalue weighted by atomic mass is 32.2. The molecule has 0 unspecified atom stereocenters. The van der Waals surface area contributed by atoms with E-state index in [0.717, 1.165) is 0 Å². The van der Waals surface area contributed by atoms with Gasteiger partial charge in [-0.3, -0.25) is 0 Å². The first kappa shape index (κ1) is 12.1. The van der Waals surface area contributed by atoms with Crippen molar-refractivity contribution in [1.29, 1.82) is 0 Å². The number of aromatic nitrogens is 2. The predicted octanol–water partition coefficient (Wildman–Crippen LogP) is 0.559. The van der Waals surface area contributed by atoms with Gasteiger partial charge in [0.05, 0.1) is 11.0 Å². The third kappa shape index (κ3) is 2.72. The number of nitrogens with zero attached hydrogens (tertiary/aromatic N) is 2. The van der Waals surface area contributed by atoms with Crippen LogP contribution in [0.3, 0.4) is 0 Å². The third-order valence-corrected chi connectivity index (χ3v) is 4.67. The Morgan fingerprint density at radius 3 is 2.60 bits per heavy atom. The van der Waals surface area contributed by atoms with E-state index in [0.29, 0.717) is 11.5 Å². The molecule has 1 N–H and O–H groups in total. The lowest BCUT2D eigenvalue weighted by Gasteiger charge is -2.05. The molecule has 15 heavy (non-hydrogen) atoms. The van der Waals surface area contributed by atoms with Crippen LogP contribution in [-0.2, 0) is 15.6 Å². The number of hydrogen-bond donors (Lipinski definition) is 1. The Balaban J connectivity index is 3.01. The first-order chi connectivity index (χ1) is 6.84. The second kappa shape index (κ2) is 4.23. The number of sulfone groups is 1. The predicted molar refractivity (Wildman–Crippen MR) is 54.6 cm³/mol. The maximum atomic E-state index is 11.5. The van der Waals surface area contributed by atoms with Crippen molar-refractivity contribution in [2.75, 3.05) is 0 Å². The molecule has 0 radical (unpaired) electrons. The third-order valence-electron chi connectivity index (χ3n) is 1.81. The lowest BCUT2D eigenvalue weighted by Crippen LogP contribution is -2.17.